The predicted octanol–water partition coefficient (Wildman–Crippen LogP) is 0.608. The number of hydrogen-bond donors (Lipinski definition) is 2. The Morgan fingerprint density at radius 3 is 2.64 bits per heavy atom. The van der Waals surface area contributed by atoms with Crippen molar-refractivity contribution in [2.24, 2.45) is 5.73 Å². The summed E-state index contributed by atoms with van der Waals surface area (Å²) in [5.41, 5.74) is 7.71. The summed E-state index contributed by atoms with van der Waals surface area (Å²) in [7, 11) is 0. The minimum Gasteiger partial charge on any atom is -0.368 e. The first kappa shape index (κ1) is 11.0. The average molecular weight is 213 g/mol. The molecule has 0 saturated carbocycles. The van der Waals surface area contributed by atoms with Crippen LogP contribution in [0.5, 0.6) is 0 Å². The highest BCUT2D eigenvalue weighted by Gasteiger charge is 2.21. The summed E-state index contributed by atoms with van der Waals surface area (Å²) < 4.78 is 0. The average Bonchev–Trinajstić information content (AvgIpc) is 2.17. The summed E-state index contributed by atoms with van der Waals surface area (Å²) in [6.07, 6.45) is 0.714. The van der Waals surface area contributed by atoms with Crippen molar-refractivity contribution in [2.45, 2.75) is 19.0 Å². The minimum absolute atomic E-state index is 0. The first-order valence-corrected chi connectivity index (χ1v) is 4.37. The van der Waals surface area contributed by atoms with E-state index in [0.29, 0.717) is 6.42 Å². The molecule has 0 aliphatic carbocycles. The molecule has 1 atom stereocenters. The first-order chi connectivity index (χ1) is 6.27. The topological polar surface area (TPSA) is 55.1 Å². The van der Waals surface area contributed by atoms with E-state index < -0.39 is 0 Å². The van der Waals surface area contributed by atoms with Gasteiger partial charge < -0.3 is 11.1 Å². The van der Waals surface area contributed by atoms with E-state index >= 15 is 0 Å². The maximum absolute atomic E-state index is 10.9. The van der Waals surface area contributed by atoms with Crippen LogP contribution in [0.25, 0.3) is 0 Å². The number of fused-ring (bicyclic) bond motifs is 1. The second-order valence-electron chi connectivity index (χ2n) is 3.31. The molecule has 3 N–H and O–H groups in total. The van der Waals surface area contributed by atoms with Crippen LogP contribution in [0.2, 0.25) is 0 Å². The maximum Gasteiger partial charge on any atom is 0.234 e. The van der Waals surface area contributed by atoms with Gasteiger partial charge in [0.25, 0.3) is 0 Å². The molecule has 1 aliphatic rings. The lowest BCUT2D eigenvalue weighted by atomic mass is 9.96. The molecular weight excluding hydrogens is 200 g/mol. The zero-order valence-electron chi connectivity index (χ0n) is 7.69. The van der Waals surface area contributed by atoms with Crippen LogP contribution in [0.3, 0.4) is 0 Å². The molecule has 1 unspecified atom stereocenters. The van der Waals surface area contributed by atoms with Gasteiger partial charge in [-0.2, -0.15) is 0 Å². The van der Waals surface area contributed by atoms with Gasteiger partial charge in [-0.3, -0.25) is 4.79 Å². The number of halogens is 1. The number of amides is 1. The second kappa shape index (κ2) is 4.44. The van der Waals surface area contributed by atoms with E-state index in [1.165, 1.54) is 11.1 Å². The normalized spacial score (nSPS) is 19.3. The highest BCUT2D eigenvalue weighted by molar-refractivity contribution is 5.85. The molecule has 3 nitrogen and oxygen atoms in total. The van der Waals surface area contributed by atoms with E-state index in [-0.39, 0.29) is 24.4 Å². The van der Waals surface area contributed by atoms with Crippen molar-refractivity contribution >= 4 is 18.3 Å². The Bertz CT molecular complexity index is 341. The molecule has 0 fully saturated rings. The van der Waals surface area contributed by atoms with E-state index in [1.807, 2.05) is 18.2 Å². The lowest BCUT2D eigenvalue weighted by molar-refractivity contribution is -0.120. The van der Waals surface area contributed by atoms with Crippen molar-refractivity contribution in [3.63, 3.8) is 0 Å². The maximum atomic E-state index is 10.9. The Balaban J connectivity index is 0.000000980. The highest BCUT2D eigenvalue weighted by atomic mass is 35.5. The lowest BCUT2D eigenvalue weighted by Gasteiger charge is -2.23. The van der Waals surface area contributed by atoms with Crippen molar-refractivity contribution < 1.29 is 4.79 Å². The van der Waals surface area contributed by atoms with Gasteiger partial charge in [-0.15, -0.1) is 12.4 Å². The van der Waals surface area contributed by atoms with Gasteiger partial charge in [0.15, 0.2) is 0 Å². The fraction of sp³-hybridized carbons (Fsp3) is 0.300. The molecule has 1 amide bonds. The first-order valence-electron chi connectivity index (χ1n) is 4.37. The summed E-state index contributed by atoms with van der Waals surface area (Å²) in [6, 6.07) is 7.91. The van der Waals surface area contributed by atoms with Crippen molar-refractivity contribution in [3.05, 3.63) is 35.4 Å². The highest BCUT2D eigenvalue weighted by Crippen LogP contribution is 2.15. The van der Waals surface area contributed by atoms with Crippen LogP contribution >= 0.6 is 12.4 Å². The number of carbonyl (C=O) groups is 1. The van der Waals surface area contributed by atoms with E-state index in [9.17, 15) is 4.79 Å². The Morgan fingerprint density at radius 2 is 2.00 bits per heavy atom. The minimum atomic E-state index is -0.269. The van der Waals surface area contributed by atoms with Gasteiger partial charge in [-0.1, -0.05) is 24.3 Å². The molecule has 1 aromatic carbocycles. The predicted molar refractivity (Wildman–Crippen MR) is 57.2 cm³/mol. The van der Waals surface area contributed by atoms with Gasteiger partial charge in [-0.05, 0) is 17.5 Å². The standard InChI is InChI=1S/C10H12N2O.ClH/c11-10(13)9-5-7-3-1-2-4-8(7)6-12-9;/h1-4,9,12H,5-6H2,(H2,11,13);1H. The molecule has 76 valence electrons. The lowest BCUT2D eigenvalue weighted by Crippen LogP contribution is -2.45. The number of primary amides is 1. The molecule has 2 rings (SSSR count). The van der Waals surface area contributed by atoms with Crippen molar-refractivity contribution in [3.8, 4) is 0 Å². The molecule has 4 heteroatoms. The van der Waals surface area contributed by atoms with Crippen molar-refractivity contribution in [2.75, 3.05) is 0 Å². The van der Waals surface area contributed by atoms with Crippen LogP contribution in [0, 0.1) is 0 Å². The van der Waals surface area contributed by atoms with Gasteiger partial charge in [0.05, 0.1) is 6.04 Å². The van der Waals surface area contributed by atoms with E-state index in [2.05, 4.69) is 11.4 Å². The van der Waals surface area contributed by atoms with Crippen LogP contribution in [0.1, 0.15) is 11.1 Å². The Morgan fingerprint density at radius 1 is 1.36 bits per heavy atom. The van der Waals surface area contributed by atoms with Crippen LogP contribution in [-0.2, 0) is 17.8 Å². The Labute approximate surface area is 89.1 Å². The third-order valence-electron chi connectivity index (χ3n) is 2.42. The molecule has 0 radical (unpaired) electrons. The summed E-state index contributed by atoms with van der Waals surface area (Å²) in [6.45, 7) is 0.740. The quantitative estimate of drug-likeness (QED) is 0.717. The third-order valence-corrected chi connectivity index (χ3v) is 2.42. The molecule has 1 aliphatic heterocycles. The SMILES string of the molecule is Cl.NC(=O)C1Cc2ccccc2CN1. The number of nitrogens with two attached hydrogens (primary N) is 1. The third kappa shape index (κ3) is 2.05. The fourth-order valence-electron chi connectivity index (χ4n) is 1.66. The fourth-order valence-corrected chi connectivity index (χ4v) is 1.66. The summed E-state index contributed by atoms with van der Waals surface area (Å²) in [4.78, 5) is 10.9. The van der Waals surface area contributed by atoms with Gasteiger partial charge in [0.2, 0.25) is 5.91 Å². The summed E-state index contributed by atoms with van der Waals surface area (Å²) in [5.74, 6) is -0.269. The van der Waals surface area contributed by atoms with Gasteiger partial charge in [0.1, 0.15) is 0 Å². The van der Waals surface area contributed by atoms with Gasteiger partial charge >= 0.3 is 0 Å². The van der Waals surface area contributed by atoms with Gasteiger partial charge in [-0.25, -0.2) is 0 Å². The molecule has 14 heavy (non-hydrogen) atoms. The number of rotatable bonds is 1. The second-order valence-corrected chi connectivity index (χ2v) is 3.31. The van der Waals surface area contributed by atoms with Crippen LogP contribution < -0.4 is 11.1 Å². The van der Waals surface area contributed by atoms with Crippen molar-refractivity contribution in [1.29, 1.82) is 0 Å². The van der Waals surface area contributed by atoms with Crippen LogP contribution in [0.15, 0.2) is 24.3 Å². The zero-order chi connectivity index (χ0) is 9.26. The molecule has 1 heterocycles. The van der Waals surface area contributed by atoms with E-state index in [1.54, 1.807) is 0 Å². The van der Waals surface area contributed by atoms with Crippen LogP contribution in [-0.4, -0.2) is 11.9 Å². The smallest absolute Gasteiger partial charge is 0.234 e. The number of nitrogens with one attached hydrogen (secondary N) is 1. The molecule has 0 bridgehead atoms. The molecule has 0 aromatic heterocycles. The summed E-state index contributed by atoms with van der Waals surface area (Å²) >= 11 is 0. The number of hydrogen-bond acceptors (Lipinski definition) is 2. The molecule has 0 saturated heterocycles. The molecule has 1 aromatic rings. The Hall–Kier alpha value is -1.06. The Kier molecular flexibility index (Phi) is 3.49. The monoisotopic (exact) mass is 212 g/mol. The zero-order valence-corrected chi connectivity index (χ0v) is 8.51. The molecule has 0 spiro atoms. The number of carbonyl (C=O) groups excluding carboxylic acids is 1. The largest absolute Gasteiger partial charge is 0.368 e. The van der Waals surface area contributed by atoms with E-state index in [0.717, 1.165) is 6.54 Å². The molecular formula is C10H13ClN2O. The van der Waals surface area contributed by atoms with Crippen LogP contribution in [0.4, 0.5) is 0 Å². The van der Waals surface area contributed by atoms with Crippen molar-refractivity contribution in [1.82, 2.24) is 5.32 Å². The number of benzene rings is 1. The summed E-state index contributed by atoms with van der Waals surface area (Å²) in [5, 5.41) is 3.10. The van der Waals surface area contributed by atoms with E-state index in [4.69, 9.17) is 5.73 Å². The van der Waals surface area contributed by atoms with Gasteiger partial charge in [0, 0.05) is 6.54 Å².